The summed E-state index contributed by atoms with van der Waals surface area (Å²) < 4.78 is 38.5. The first-order chi connectivity index (χ1) is 8.79. The van der Waals surface area contributed by atoms with Gasteiger partial charge in [0, 0.05) is 20.3 Å². The fraction of sp³-hybridized carbons (Fsp3) is 0.231. The number of nitrogens with two attached hydrogens (primary N) is 1. The Morgan fingerprint density at radius 3 is 2.42 bits per heavy atom. The van der Waals surface area contributed by atoms with Gasteiger partial charge in [0.05, 0.1) is 5.56 Å². The summed E-state index contributed by atoms with van der Waals surface area (Å²) >= 11 is 4.34. The molecule has 1 aromatic carbocycles. The normalized spacial score (nSPS) is 13.6. The van der Waals surface area contributed by atoms with Crippen molar-refractivity contribution < 1.29 is 13.2 Å². The Labute approximate surface area is 121 Å². The van der Waals surface area contributed by atoms with Crippen molar-refractivity contribution in [3.05, 3.63) is 45.2 Å². The van der Waals surface area contributed by atoms with Crippen LogP contribution >= 0.6 is 27.3 Å². The molecule has 0 fully saturated rings. The van der Waals surface area contributed by atoms with Crippen molar-refractivity contribution in [3.8, 4) is 10.4 Å². The van der Waals surface area contributed by atoms with E-state index < -0.39 is 11.7 Å². The van der Waals surface area contributed by atoms with Crippen LogP contribution in [0.3, 0.4) is 0 Å². The molecule has 2 aromatic rings. The highest BCUT2D eigenvalue weighted by Crippen LogP contribution is 2.39. The number of rotatable bonds is 2. The number of benzene rings is 1. The lowest BCUT2D eigenvalue weighted by molar-refractivity contribution is -0.138. The van der Waals surface area contributed by atoms with Crippen molar-refractivity contribution >= 4 is 27.3 Å². The first-order valence-electron chi connectivity index (χ1n) is 5.51. The van der Waals surface area contributed by atoms with Crippen LogP contribution in [0.1, 0.15) is 23.4 Å². The Hall–Kier alpha value is -0.850. The van der Waals surface area contributed by atoms with Gasteiger partial charge >= 0.3 is 6.18 Å². The number of thiophene rings is 1. The predicted octanol–water partition coefficient (Wildman–Crippen LogP) is 5.22. The van der Waals surface area contributed by atoms with Gasteiger partial charge in [-0.05, 0) is 36.8 Å². The molecule has 6 heteroatoms. The van der Waals surface area contributed by atoms with E-state index >= 15 is 0 Å². The molecule has 1 heterocycles. The quantitative estimate of drug-likeness (QED) is 0.790. The van der Waals surface area contributed by atoms with Gasteiger partial charge in [-0.1, -0.05) is 22.0 Å². The highest BCUT2D eigenvalue weighted by molar-refractivity contribution is 9.10. The topological polar surface area (TPSA) is 26.0 Å². The van der Waals surface area contributed by atoms with Crippen molar-refractivity contribution in [1.82, 2.24) is 0 Å². The monoisotopic (exact) mass is 349 g/mol. The summed E-state index contributed by atoms with van der Waals surface area (Å²) in [5.74, 6) is 0. The lowest BCUT2D eigenvalue weighted by atomic mass is 10.1. The molecular weight excluding hydrogens is 339 g/mol. The second-order valence-electron chi connectivity index (χ2n) is 4.18. The number of hydrogen-bond donors (Lipinski definition) is 1. The standard InChI is InChI=1S/C13H11BrF3NS/c1-7(18)11-4-5-12(19-11)8-2-3-10(14)9(6-8)13(15,16)17/h2-7H,18H2,1H3. The average molecular weight is 350 g/mol. The first-order valence-corrected chi connectivity index (χ1v) is 7.12. The smallest absolute Gasteiger partial charge is 0.324 e. The van der Waals surface area contributed by atoms with Crippen LogP contribution in [0.2, 0.25) is 0 Å². The maximum Gasteiger partial charge on any atom is 0.417 e. The zero-order valence-electron chi connectivity index (χ0n) is 9.96. The van der Waals surface area contributed by atoms with E-state index in [2.05, 4.69) is 15.9 Å². The third-order valence-corrected chi connectivity index (χ3v) is 4.66. The second-order valence-corrected chi connectivity index (χ2v) is 6.15. The summed E-state index contributed by atoms with van der Waals surface area (Å²) in [6, 6.07) is 7.77. The summed E-state index contributed by atoms with van der Waals surface area (Å²) in [6.07, 6.45) is -4.36. The van der Waals surface area contributed by atoms with E-state index in [1.807, 2.05) is 13.0 Å². The van der Waals surface area contributed by atoms with Gasteiger partial charge in [0.1, 0.15) is 0 Å². The molecule has 0 aliphatic rings. The van der Waals surface area contributed by atoms with Gasteiger partial charge in [-0.25, -0.2) is 0 Å². The lowest BCUT2D eigenvalue weighted by Gasteiger charge is -2.10. The van der Waals surface area contributed by atoms with Crippen molar-refractivity contribution in [2.24, 2.45) is 5.73 Å². The largest absolute Gasteiger partial charge is 0.417 e. The summed E-state index contributed by atoms with van der Waals surface area (Å²) in [6.45, 7) is 1.85. The van der Waals surface area contributed by atoms with Gasteiger partial charge in [0.25, 0.3) is 0 Å². The van der Waals surface area contributed by atoms with Crippen molar-refractivity contribution in [3.63, 3.8) is 0 Å². The summed E-state index contributed by atoms with van der Waals surface area (Å²) in [5, 5.41) is 0. The van der Waals surface area contributed by atoms with Crippen molar-refractivity contribution in [1.29, 1.82) is 0 Å². The SMILES string of the molecule is CC(N)c1ccc(-c2ccc(Br)c(C(F)(F)F)c2)s1. The molecule has 0 aliphatic heterocycles. The molecule has 1 unspecified atom stereocenters. The Morgan fingerprint density at radius 2 is 1.89 bits per heavy atom. The zero-order chi connectivity index (χ0) is 14.2. The molecule has 0 saturated carbocycles. The maximum atomic E-state index is 12.8. The molecule has 1 aromatic heterocycles. The molecule has 0 amide bonds. The Morgan fingerprint density at radius 1 is 1.21 bits per heavy atom. The Balaban J connectivity index is 2.45. The van der Waals surface area contributed by atoms with Gasteiger partial charge in [-0.2, -0.15) is 13.2 Å². The molecule has 102 valence electrons. The average Bonchev–Trinajstić information content (AvgIpc) is 2.77. The van der Waals surface area contributed by atoms with E-state index in [1.165, 1.54) is 17.4 Å². The molecule has 0 bridgehead atoms. The summed E-state index contributed by atoms with van der Waals surface area (Å²) in [5.41, 5.74) is 5.63. The van der Waals surface area contributed by atoms with Crippen LogP contribution in [-0.4, -0.2) is 0 Å². The molecule has 1 atom stereocenters. The van der Waals surface area contributed by atoms with Gasteiger partial charge in [0.2, 0.25) is 0 Å². The highest BCUT2D eigenvalue weighted by atomic mass is 79.9. The third kappa shape index (κ3) is 3.19. The van der Waals surface area contributed by atoms with Crippen LogP contribution in [0.4, 0.5) is 13.2 Å². The van der Waals surface area contributed by atoms with Crippen LogP contribution in [0.25, 0.3) is 10.4 Å². The molecule has 0 aliphatic carbocycles. The fourth-order valence-electron chi connectivity index (χ4n) is 1.65. The molecular formula is C13H11BrF3NS. The number of halogens is 4. The van der Waals surface area contributed by atoms with E-state index in [-0.39, 0.29) is 10.5 Å². The molecule has 0 spiro atoms. The van der Waals surface area contributed by atoms with E-state index in [4.69, 9.17) is 5.73 Å². The predicted molar refractivity (Wildman–Crippen MR) is 75.1 cm³/mol. The lowest BCUT2D eigenvalue weighted by Crippen LogP contribution is -2.05. The zero-order valence-corrected chi connectivity index (χ0v) is 12.4. The molecule has 0 radical (unpaired) electrons. The Bertz CT molecular complexity index is 590. The molecule has 19 heavy (non-hydrogen) atoms. The van der Waals surface area contributed by atoms with Crippen LogP contribution in [-0.2, 0) is 6.18 Å². The highest BCUT2D eigenvalue weighted by Gasteiger charge is 2.33. The van der Waals surface area contributed by atoms with Crippen molar-refractivity contribution in [2.75, 3.05) is 0 Å². The summed E-state index contributed by atoms with van der Waals surface area (Å²) in [7, 11) is 0. The van der Waals surface area contributed by atoms with Crippen LogP contribution in [0.15, 0.2) is 34.8 Å². The minimum atomic E-state index is -4.36. The van der Waals surface area contributed by atoms with E-state index in [9.17, 15) is 13.2 Å². The molecule has 2 N–H and O–H groups in total. The summed E-state index contributed by atoms with van der Waals surface area (Å²) in [4.78, 5) is 1.73. The van der Waals surface area contributed by atoms with Gasteiger partial charge < -0.3 is 5.73 Å². The van der Waals surface area contributed by atoms with E-state index in [0.29, 0.717) is 5.56 Å². The van der Waals surface area contributed by atoms with Gasteiger partial charge in [-0.3, -0.25) is 0 Å². The third-order valence-electron chi connectivity index (χ3n) is 2.63. The van der Waals surface area contributed by atoms with Crippen molar-refractivity contribution in [2.45, 2.75) is 19.1 Å². The van der Waals surface area contributed by atoms with Crippen LogP contribution < -0.4 is 5.73 Å². The van der Waals surface area contributed by atoms with Crippen LogP contribution in [0.5, 0.6) is 0 Å². The Kier molecular flexibility index (Phi) is 4.03. The van der Waals surface area contributed by atoms with Crippen LogP contribution in [0, 0.1) is 0 Å². The van der Waals surface area contributed by atoms with E-state index in [0.717, 1.165) is 15.8 Å². The number of alkyl halides is 3. The van der Waals surface area contributed by atoms with Gasteiger partial charge in [0.15, 0.2) is 0 Å². The first kappa shape index (κ1) is 14.6. The fourth-order valence-corrected chi connectivity index (χ4v) is 3.08. The van der Waals surface area contributed by atoms with Gasteiger partial charge in [-0.15, -0.1) is 11.3 Å². The minimum Gasteiger partial charge on any atom is -0.324 e. The second kappa shape index (κ2) is 5.26. The van der Waals surface area contributed by atoms with E-state index in [1.54, 1.807) is 12.1 Å². The maximum absolute atomic E-state index is 12.8. The minimum absolute atomic E-state index is 0.0488. The molecule has 0 saturated heterocycles. The molecule has 1 nitrogen and oxygen atoms in total. The number of hydrogen-bond acceptors (Lipinski definition) is 2. The molecule has 2 rings (SSSR count).